The van der Waals surface area contributed by atoms with Crippen LogP contribution in [0, 0.1) is 0 Å². The average Bonchev–Trinajstić information content (AvgIpc) is 2.89. The molecule has 1 amide bonds. The van der Waals surface area contributed by atoms with E-state index in [1.165, 1.54) is 11.3 Å². The van der Waals surface area contributed by atoms with Crippen molar-refractivity contribution in [3.63, 3.8) is 0 Å². The maximum atomic E-state index is 11.9. The van der Waals surface area contributed by atoms with Crippen molar-refractivity contribution in [2.75, 3.05) is 4.90 Å². The standard InChI is InChI=1S/C15H13N3OS/c1-11(19)18(10-12-6-4-5-9-16-12)15-17-13-7-2-3-8-14(13)20-15/h2-9H,10H2,1H3. The molecule has 4 nitrogen and oxygen atoms in total. The van der Waals surface area contributed by atoms with Gasteiger partial charge in [-0.1, -0.05) is 29.5 Å². The van der Waals surface area contributed by atoms with E-state index >= 15 is 0 Å². The van der Waals surface area contributed by atoms with Gasteiger partial charge in [0.25, 0.3) is 0 Å². The lowest BCUT2D eigenvalue weighted by molar-refractivity contribution is -0.116. The van der Waals surface area contributed by atoms with Crippen molar-refractivity contribution in [1.82, 2.24) is 9.97 Å². The summed E-state index contributed by atoms with van der Waals surface area (Å²) in [5, 5.41) is 0.712. The van der Waals surface area contributed by atoms with Gasteiger partial charge in [-0.15, -0.1) is 0 Å². The van der Waals surface area contributed by atoms with Crippen LogP contribution in [0.25, 0.3) is 10.2 Å². The van der Waals surface area contributed by atoms with Gasteiger partial charge >= 0.3 is 0 Å². The smallest absolute Gasteiger partial charge is 0.226 e. The highest BCUT2D eigenvalue weighted by Crippen LogP contribution is 2.29. The first-order valence-electron chi connectivity index (χ1n) is 6.27. The number of amides is 1. The molecule has 0 unspecified atom stereocenters. The van der Waals surface area contributed by atoms with Gasteiger partial charge in [0.2, 0.25) is 5.91 Å². The second-order valence-corrected chi connectivity index (χ2v) is 5.40. The highest BCUT2D eigenvalue weighted by atomic mass is 32.1. The van der Waals surface area contributed by atoms with E-state index in [0.29, 0.717) is 11.7 Å². The molecule has 2 aromatic heterocycles. The summed E-state index contributed by atoms with van der Waals surface area (Å²) in [4.78, 5) is 22.3. The molecular formula is C15H13N3OS. The fourth-order valence-electron chi connectivity index (χ4n) is 1.94. The number of pyridine rings is 1. The maximum absolute atomic E-state index is 11.9. The van der Waals surface area contributed by atoms with Crippen LogP contribution in [-0.2, 0) is 11.3 Å². The van der Waals surface area contributed by atoms with E-state index in [1.54, 1.807) is 18.0 Å². The number of thiazole rings is 1. The quantitative estimate of drug-likeness (QED) is 0.741. The number of anilines is 1. The van der Waals surface area contributed by atoms with Crippen LogP contribution in [0.1, 0.15) is 12.6 Å². The van der Waals surface area contributed by atoms with Crippen LogP contribution in [0.5, 0.6) is 0 Å². The molecular weight excluding hydrogens is 270 g/mol. The Kier molecular flexibility index (Phi) is 3.43. The van der Waals surface area contributed by atoms with Crippen molar-refractivity contribution in [2.24, 2.45) is 0 Å². The lowest BCUT2D eigenvalue weighted by Crippen LogP contribution is -2.28. The highest BCUT2D eigenvalue weighted by molar-refractivity contribution is 7.22. The lowest BCUT2D eigenvalue weighted by atomic mass is 10.3. The maximum Gasteiger partial charge on any atom is 0.226 e. The molecule has 0 radical (unpaired) electrons. The molecule has 0 atom stereocenters. The zero-order valence-corrected chi connectivity index (χ0v) is 11.8. The summed E-state index contributed by atoms with van der Waals surface area (Å²) in [6, 6.07) is 13.6. The zero-order valence-electron chi connectivity index (χ0n) is 11.0. The number of hydrogen-bond acceptors (Lipinski definition) is 4. The van der Waals surface area contributed by atoms with Gasteiger partial charge in [0.05, 0.1) is 22.5 Å². The molecule has 0 saturated carbocycles. The van der Waals surface area contributed by atoms with E-state index < -0.39 is 0 Å². The largest absolute Gasteiger partial charge is 0.282 e. The Balaban J connectivity index is 1.96. The van der Waals surface area contributed by atoms with Gasteiger partial charge in [-0.05, 0) is 24.3 Å². The number of carbonyl (C=O) groups excluding carboxylic acids is 1. The summed E-state index contributed by atoms with van der Waals surface area (Å²) >= 11 is 1.52. The van der Waals surface area contributed by atoms with E-state index in [0.717, 1.165) is 15.9 Å². The minimum Gasteiger partial charge on any atom is -0.282 e. The zero-order chi connectivity index (χ0) is 13.9. The lowest BCUT2D eigenvalue weighted by Gasteiger charge is -2.17. The highest BCUT2D eigenvalue weighted by Gasteiger charge is 2.17. The molecule has 2 heterocycles. The third-order valence-corrected chi connectivity index (χ3v) is 4.00. The number of fused-ring (bicyclic) bond motifs is 1. The predicted molar refractivity (Wildman–Crippen MR) is 80.7 cm³/mol. The number of para-hydroxylation sites is 1. The van der Waals surface area contributed by atoms with Crippen molar-refractivity contribution >= 4 is 32.6 Å². The molecule has 0 aliphatic heterocycles. The Hall–Kier alpha value is -2.27. The number of hydrogen-bond donors (Lipinski definition) is 0. The van der Waals surface area contributed by atoms with Crippen LogP contribution in [0.15, 0.2) is 48.7 Å². The second-order valence-electron chi connectivity index (χ2n) is 4.39. The molecule has 0 spiro atoms. The molecule has 0 N–H and O–H groups in total. The summed E-state index contributed by atoms with van der Waals surface area (Å²) < 4.78 is 1.08. The third kappa shape index (κ3) is 2.53. The van der Waals surface area contributed by atoms with E-state index in [2.05, 4.69) is 9.97 Å². The molecule has 1 aromatic carbocycles. The summed E-state index contributed by atoms with van der Waals surface area (Å²) in [7, 11) is 0. The van der Waals surface area contributed by atoms with Crippen molar-refractivity contribution in [3.05, 3.63) is 54.4 Å². The Labute approximate surface area is 120 Å². The van der Waals surface area contributed by atoms with Crippen LogP contribution in [0.2, 0.25) is 0 Å². The Morgan fingerprint density at radius 3 is 2.70 bits per heavy atom. The van der Waals surface area contributed by atoms with Crippen molar-refractivity contribution < 1.29 is 4.79 Å². The minimum atomic E-state index is -0.0327. The van der Waals surface area contributed by atoms with Crippen LogP contribution in [0.4, 0.5) is 5.13 Å². The van der Waals surface area contributed by atoms with Crippen molar-refractivity contribution in [1.29, 1.82) is 0 Å². The molecule has 20 heavy (non-hydrogen) atoms. The van der Waals surface area contributed by atoms with Crippen LogP contribution >= 0.6 is 11.3 Å². The van der Waals surface area contributed by atoms with Gasteiger partial charge < -0.3 is 0 Å². The number of nitrogens with zero attached hydrogens (tertiary/aromatic N) is 3. The first-order valence-corrected chi connectivity index (χ1v) is 7.09. The fraction of sp³-hybridized carbons (Fsp3) is 0.133. The molecule has 100 valence electrons. The molecule has 0 saturated heterocycles. The minimum absolute atomic E-state index is 0.0327. The molecule has 0 fully saturated rings. The summed E-state index contributed by atoms with van der Waals surface area (Å²) in [6.07, 6.45) is 1.73. The van der Waals surface area contributed by atoms with Gasteiger partial charge in [-0.3, -0.25) is 14.7 Å². The number of rotatable bonds is 3. The summed E-state index contributed by atoms with van der Waals surface area (Å²) in [5.41, 5.74) is 1.77. The van der Waals surface area contributed by atoms with E-state index in [-0.39, 0.29) is 5.91 Å². The first kappa shape index (κ1) is 12.7. The summed E-state index contributed by atoms with van der Waals surface area (Å²) in [5.74, 6) is -0.0327. The van der Waals surface area contributed by atoms with Gasteiger partial charge in [-0.25, -0.2) is 4.98 Å². The average molecular weight is 283 g/mol. The fourth-order valence-corrected chi connectivity index (χ4v) is 2.95. The van der Waals surface area contributed by atoms with Gasteiger partial charge in [0.15, 0.2) is 5.13 Å². The van der Waals surface area contributed by atoms with Crippen molar-refractivity contribution in [2.45, 2.75) is 13.5 Å². The molecule has 0 bridgehead atoms. The second kappa shape index (κ2) is 5.38. The van der Waals surface area contributed by atoms with Crippen molar-refractivity contribution in [3.8, 4) is 0 Å². The Morgan fingerprint density at radius 2 is 2.00 bits per heavy atom. The third-order valence-electron chi connectivity index (χ3n) is 2.94. The van der Waals surface area contributed by atoms with Gasteiger partial charge in [0, 0.05) is 13.1 Å². The topological polar surface area (TPSA) is 46.1 Å². The molecule has 0 aliphatic rings. The molecule has 5 heteroatoms. The molecule has 3 aromatic rings. The number of aromatic nitrogens is 2. The first-order chi connectivity index (χ1) is 9.74. The summed E-state index contributed by atoms with van der Waals surface area (Å²) in [6.45, 7) is 1.99. The van der Waals surface area contributed by atoms with Gasteiger partial charge in [-0.2, -0.15) is 0 Å². The van der Waals surface area contributed by atoms with Gasteiger partial charge in [0.1, 0.15) is 0 Å². The number of benzene rings is 1. The predicted octanol–water partition coefficient (Wildman–Crippen LogP) is 3.24. The van der Waals surface area contributed by atoms with E-state index in [4.69, 9.17) is 0 Å². The Morgan fingerprint density at radius 1 is 1.20 bits per heavy atom. The monoisotopic (exact) mass is 283 g/mol. The van der Waals surface area contributed by atoms with E-state index in [1.807, 2.05) is 42.5 Å². The Bertz CT molecular complexity index is 706. The molecule has 0 aliphatic carbocycles. The molecule has 3 rings (SSSR count). The SMILES string of the molecule is CC(=O)N(Cc1ccccn1)c1nc2ccccc2s1. The van der Waals surface area contributed by atoms with Crippen LogP contribution in [0.3, 0.4) is 0 Å². The van der Waals surface area contributed by atoms with E-state index in [9.17, 15) is 4.79 Å². The number of carbonyl (C=O) groups is 1. The normalized spacial score (nSPS) is 10.7. The van der Waals surface area contributed by atoms with Crippen LogP contribution in [-0.4, -0.2) is 15.9 Å². The van der Waals surface area contributed by atoms with Crippen LogP contribution < -0.4 is 4.90 Å².